The van der Waals surface area contributed by atoms with Gasteiger partial charge in [0.1, 0.15) is 5.58 Å². The van der Waals surface area contributed by atoms with Gasteiger partial charge in [-0.1, -0.05) is 11.2 Å². The van der Waals surface area contributed by atoms with E-state index < -0.39 is 0 Å². The molecule has 1 heterocycles. The zero-order chi connectivity index (χ0) is 9.10. The minimum atomic E-state index is 0.387. The van der Waals surface area contributed by atoms with Gasteiger partial charge in [-0.2, -0.15) is 0 Å². The predicted molar refractivity (Wildman–Crippen MR) is 49.1 cm³/mol. The van der Waals surface area contributed by atoms with Crippen LogP contribution in [0.2, 0.25) is 0 Å². The summed E-state index contributed by atoms with van der Waals surface area (Å²) in [5.74, 6) is 0. The predicted octanol–water partition coefficient (Wildman–Crippen LogP) is 3.24. The minimum absolute atomic E-state index is 0.387. The minimum Gasteiger partial charge on any atom is -0.464 e. The van der Waals surface area contributed by atoms with Crippen molar-refractivity contribution in [1.82, 2.24) is 0 Å². The van der Waals surface area contributed by atoms with Crippen molar-refractivity contribution in [2.24, 2.45) is 5.11 Å². The smallest absolute Gasteiger partial charge is 0.133 e. The zero-order valence-electron chi connectivity index (χ0n) is 6.84. The average molecular weight is 173 g/mol. The number of rotatable bonds is 2. The van der Waals surface area contributed by atoms with Crippen molar-refractivity contribution < 1.29 is 4.42 Å². The second-order valence-electron chi connectivity index (χ2n) is 2.68. The van der Waals surface area contributed by atoms with E-state index in [0.29, 0.717) is 6.54 Å². The number of azide groups is 1. The Bertz CT molecular complexity index is 468. The van der Waals surface area contributed by atoms with Crippen LogP contribution in [0.4, 0.5) is 0 Å². The molecular weight excluding hydrogens is 166 g/mol. The van der Waals surface area contributed by atoms with Gasteiger partial charge in [0.25, 0.3) is 0 Å². The lowest BCUT2D eigenvalue weighted by Crippen LogP contribution is -1.77. The fourth-order valence-electron chi connectivity index (χ4n) is 1.23. The fourth-order valence-corrected chi connectivity index (χ4v) is 1.23. The second kappa shape index (κ2) is 3.21. The van der Waals surface area contributed by atoms with Gasteiger partial charge < -0.3 is 4.42 Å². The van der Waals surface area contributed by atoms with Crippen LogP contribution >= 0.6 is 0 Å². The molecule has 0 saturated heterocycles. The molecule has 0 spiro atoms. The topological polar surface area (TPSA) is 61.9 Å². The highest BCUT2D eigenvalue weighted by Crippen LogP contribution is 2.17. The molecule has 1 aromatic heterocycles. The van der Waals surface area contributed by atoms with Gasteiger partial charge >= 0.3 is 0 Å². The molecule has 0 N–H and O–H groups in total. The number of furan rings is 1. The number of hydrogen-bond acceptors (Lipinski definition) is 2. The normalized spacial score (nSPS) is 9.85. The molecular formula is C9H7N3O. The summed E-state index contributed by atoms with van der Waals surface area (Å²) in [6.07, 6.45) is 1.64. The van der Waals surface area contributed by atoms with E-state index in [2.05, 4.69) is 10.0 Å². The van der Waals surface area contributed by atoms with Crippen molar-refractivity contribution in [2.45, 2.75) is 6.54 Å². The van der Waals surface area contributed by atoms with Crippen LogP contribution in [-0.2, 0) is 6.54 Å². The summed E-state index contributed by atoms with van der Waals surface area (Å²) in [6.45, 7) is 0.387. The Labute approximate surface area is 74.4 Å². The molecule has 64 valence electrons. The molecule has 0 saturated carbocycles. The van der Waals surface area contributed by atoms with E-state index in [4.69, 9.17) is 9.95 Å². The van der Waals surface area contributed by atoms with Crippen LogP contribution in [0, 0.1) is 0 Å². The molecule has 2 aromatic rings. The van der Waals surface area contributed by atoms with Crippen LogP contribution in [0.1, 0.15) is 5.56 Å². The lowest BCUT2D eigenvalue weighted by atomic mass is 10.2. The van der Waals surface area contributed by atoms with Crippen LogP contribution in [0.25, 0.3) is 21.4 Å². The first kappa shape index (κ1) is 7.71. The molecule has 0 radical (unpaired) electrons. The van der Waals surface area contributed by atoms with Gasteiger partial charge in [0.05, 0.1) is 12.8 Å². The van der Waals surface area contributed by atoms with Crippen molar-refractivity contribution in [1.29, 1.82) is 0 Å². The van der Waals surface area contributed by atoms with E-state index in [1.54, 1.807) is 6.26 Å². The van der Waals surface area contributed by atoms with Crippen molar-refractivity contribution in [3.63, 3.8) is 0 Å². The molecule has 0 aliphatic rings. The van der Waals surface area contributed by atoms with Crippen molar-refractivity contribution in [3.05, 3.63) is 46.5 Å². The van der Waals surface area contributed by atoms with E-state index in [1.807, 2.05) is 24.3 Å². The third-order valence-electron chi connectivity index (χ3n) is 1.83. The van der Waals surface area contributed by atoms with Crippen molar-refractivity contribution in [3.8, 4) is 0 Å². The van der Waals surface area contributed by atoms with E-state index >= 15 is 0 Å². The summed E-state index contributed by atoms with van der Waals surface area (Å²) in [5, 5.41) is 4.52. The fraction of sp³-hybridized carbons (Fsp3) is 0.111. The van der Waals surface area contributed by atoms with E-state index in [9.17, 15) is 0 Å². The van der Waals surface area contributed by atoms with Gasteiger partial charge in [-0.25, -0.2) is 0 Å². The van der Waals surface area contributed by atoms with Crippen LogP contribution in [0.5, 0.6) is 0 Å². The van der Waals surface area contributed by atoms with Crippen LogP contribution in [-0.4, -0.2) is 0 Å². The first-order chi connectivity index (χ1) is 6.40. The number of fused-ring (bicyclic) bond motifs is 1. The Balaban J connectivity index is 2.42. The maximum Gasteiger partial charge on any atom is 0.133 e. The maximum absolute atomic E-state index is 8.14. The zero-order valence-corrected chi connectivity index (χ0v) is 6.84. The summed E-state index contributed by atoms with van der Waals surface area (Å²) in [7, 11) is 0. The maximum atomic E-state index is 8.14. The van der Waals surface area contributed by atoms with Crippen LogP contribution < -0.4 is 0 Å². The number of nitrogens with zero attached hydrogens (tertiary/aromatic N) is 3. The quantitative estimate of drug-likeness (QED) is 0.390. The Morgan fingerprint density at radius 2 is 2.31 bits per heavy atom. The summed E-state index contributed by atoms with van der Waals surface area (Å²) in [6, 6.07) is 7.60. The first-order valence-electron chi connectivity index (χ1n) is 3.87. The Hall–Kier alpha value is -1.93. The van der Waals surface area contributed by atoms with Gasteiger partial charge in [0.15, 0.2) is 0 Å². The molecule has 0 unspecified atom stereocenters. The molecule has 0 fully saturated rings. The molecule has 2 rings (SSSR count). The third kappa shape index (κ3) is 1.48. The van der Waals surface area contributed by atoms with Gasteiger partial charge in [0.2, 0.25) is 0 Å². The molecule has 1 aromatic carbocycles. The summed E-state index contributed by atoms with van der Waals surface area (Å²) < 4.78 is 5.17. The largest absolute Gasteiger partial charge is 0.464 e. The SMILES string of the molecule is [N-]=[N+]=NCc1ccc2occc2c1. The lowest BCUT2D eigenvalue weighted by molar-refractivity contribution is 0.616. The molecule has 0 bridgehead atoms. The Kier molecular flexibility index (Phi) is 1.90. The molecule has 0 amide bonds. The standard InChI is InChI=1S/C9H7N3O/c10-12-11-6-7-1-2-9-8(5-7)3-4-13-9/h1-5H,6H2. The summed E-state index contributed by atoms with van der Waals surface area (Å²) >= 11 is 0. The molecule has 0 aliphatic carbocycles. The highest BCUT2D eigenvalue weighted by atomic mass is 16.3. The highest BCUT2D eigenvalue weighted by molar-refractivity contribution is 5.77. The van der Waals surface area contributed by atoms with E-state index in [1.165, 1.54) is 0 Å². The number of benzene rings is 1. The first-order valence-corrected chi connectivity index (χ1v) is 3.87. The second-order valence-corrected chi connectivity index (χ2v) is 2.68. The van der Waals surface area contributed by atoms with Gasteiger partial charge in [0, 0.05) is 10.3 Å². The van der Waals surface area contributed by atoms with Gasteiger partial charge in [-0.15, -0.1) is 0 Å². The number of hydrogen-bond donors (Lipinski definition) is 0. The highest BCUT2D eigenvalue weighted by Gasteiger charge is 1.96. The average Bonchev–Trinajstić information content (AvgIpc) is 2.61. The monoisotopic (exact) mass is 173 g/mol. The molecule has 4 nitrogen and oxygen atoms in total. The summed E-state index contributed by atoms with van der Waals surface area (Å²) in [5.41, 5.74) is 9.98. The molecule has 13 heavy (non-hydrogen) atoms. The Morgan fingerprint density at radius 1 is 1.38 bits per heavy atom. The van der Waals surface area contributed by atoms with E-state index in [-0.39, 0.29) is 0 Å². The summed E-state index contributed by atoms with van der Waals surface area (Å²) in [4.78, 5) is 2.70. The van der Waals surface area contributed by atoms with Crippen molar-refractivity contribution >= 4 is 11.0 Å². The van der Waals surface area contributed by atoms with Gasteiger partial charge in [-0.3, -0.25) is 0 Å². The molecule has 4 heteroatoms. The van der Waals surface area contributed by atoms with Gasteiger partial charge in [-0.05, 0) is 29.3 Å². The van der Waals surface area contributed by atoms with Crippen LogP contribution in [0.3, 0.4) is 0 Å². The van der Waals surface area contributed by atoms with Crippen LogP contribution in [0.15, 0.2) is 40.1 Å². The van der Waals surface area contributed by atoms with E-state index in [0.717, 1.165) is 16.5 Å². The molecule has 0 aliphatic heterocycles. The third-order valence-corrected chi connectivity index (χ3v) is 1.83. The Morgan fingerprint density at radius 3 is 3.15 bits per heavy atom. The van der Waals surface area contributed by atoms with Crippen molar-refractivity contribution in [2.75, 3.05) is 0 Å². The molecule has 0 atom stereocenters. The lowest BCUT2D eigenvalue weighted by Gasteiger charge is -1.93.